The van der Waals surface area contributed by atoms with Gasteiger partial charge in [-0.1, -0.05) is 6.07 Å². The van der Waals surface area contributed by atoms with E-state index in [1.165, 1.54) is 6.07 Å². The topological polar surface area (TPSA) is 90.9 Å². The molecule has 3 rings (SSSR count). The first-order valence-corrected chi connectivity index (χ1v) is 7.96. The molecule has 2 aromatic carbocycles. The first-order valence-electron chi connectivity index (χ1n) is 7.96. The molecule has 1 saturated heterocycles. The molecule has 1 fully saturated rings. The zero-order valence-corrected chi connectivity index (χ0v) is 13.6. The van der Waals surface area contributed by atoms with Gasteiger partial charge >= 0.3 is 0 Å². The fourth-order valence-electron chi connectivity index (χ4n) is 2.65. The predicted molar refractivity (Wildman–Crippen MR) is 93.1 cm³/mol. The van der Waals surface area contributed by atoms with Crippen LogP contribution >= 0.6 is 0 Å². The van der Waals surface area contributed by atoms with Crippen molar-refractivity contribution in [1.82, 2.24) is 5.48 Å². The van der Waals surface area contributed by atoms with Gasteiger partial charge in [-0.05, 0) is 42.5 Å². The van der Waals surface area contributed by atoms with E-state index in [-0.39, 0.29) is 11.5 Å². The highest BCUT2D eigenvalue weighted by atomic mass is 16.5. The Morgan fingerprint density at radius 3 is 2.36 bits per heavy atom. The summed E-state index contributed by atoms with van der Waals surface area (Å²) in [5.74, 6) is -0.902. The Morgan fingerprint density at radius 1 is 0.960 bits per heavy atom. The van der Waals surface area contributed by atoms with Crippen LogP contribution in [-0.2, 0) is 4.74 Å². The average molecular weight is 341 g/mol. The Hall–Kier alpha value is -2.90. The van der Waals surface area contributed by atoms with Gasteiger partial charge in [0.1, 0.15) is 0 Å². The summed E-state index contributed by atoms with van der Waals surface area (Å²) in [4.78, 5) is 26.0. The second-order valence-corrected chi connectivity index (χ2v) is 5.62. The smallest absolute Gasteiger partial charge is 0.274 e. The minimum atomic E-state index is -0.633. The molecule has 0 spiro atoms. The molecule has 0 bridgehead atoms. The number of hydroxylamine groups is 1. The highest BCUT2D eigenvalue weighted by Gasteiger charge is 2.13. The molecule has 130 valence electrons. The molecule has 1 aliphatic heterocycles. The maximum absolute atomic E-state index is 12.4. The molecule has 0 aromatic heterocycles. The second kappa shape index (κ2) is 7.78. The van der Waals surface area contributed by atoms with Crippen molar-refractivity contribution < 1.29 is 19.5 Å². The molecular weight excluding hydrogens is 322 g/mol. The van der Waals surface area contributed by atoms with E-state index in [1.807, 2.05) is 12.1 Å². The van der Waals surface area contributed by atoms with Crippen LogP contribution in [-0.4, -0.2) is 43.3 Å². The van der Waals surface area contributed by atoms with Gasteiger partial charge in [-0.3, -0.25) is 14.8 Å². The second-order valence-electron chi connectivity index (χ2n) is 5.62. The number of nitrogens with zero attached hydrogens (tertiary/aromatic N) is 1. The van der Waals surface area contributed by atoms with Gasteiger partial charge in [0.25, 0.3) is 11.8 Å². The Labute approximate surface area is 145 Å². The largest absolute Gasteiger partial charge is 0.378 e. The summed E-state index contributed by atoms with van der Waals surface area (Å²) in [5.41, 5.74) is 3.87. The Bertz CT molecular complexity index is 755. The van der Waals surface area contributed by atoms with Crippen LogP contribution in [0.3, 0.4) is 0 Å². The van der Waals surface area contributed by atoms with Gasteiger partial charge in [-0.2, -0.15) is 0 Å². The number of anilines is 2. The number of amides is 2. The minimum Gasteiger partial charge on any atom is -0.378 e. The molecule has 0 saturated carbocycles. The number of hydrogen-bond acceptors (Lipinski definition) is 5. The van der Waals surface area contributed by atoms with Crippen molar-refractivity contribution in [2.75, 3.05) is 36.5 Å². The third kappa shape index (κ3) is 4.14. The lowest BCUT2D eigenvalue weighted by Crippen LogP contribution is -2.36. The monoisotopic (exact) mass is 341 g/mol. The van der Waals surface area contributed by atoms with Crippen molar-refractivity contribution in [2.24, 2.45) is 0 Å². The zero-order valence-electron chi connectivity index (χ0n) is 13.6. The quantitative estimate of drug-likeness (QED) is 0.584. The van der Waals surface area contributed by atoms with Crippen molar-refractivity contribution in [1.29, 1.82) is 0 Å². The van der Waals surface area contributed by atoms with E-state index < -0.39 is 5.91 Å². The minimum absolute atomic E-state index is 0.253. The highest BCUT2D eigenvalue weighted by molar-refractivity contribution is 6.05. The SMILES string of the molecule is O=C(NO)c1cccc(NC(=O)c2ccc(N3CCOCC3)cc2)c1. The fraction of sp³-hybridized carbons (Fsp3) is 0.222. The van der Waals surface area contributed by atoms with Gasteiger partial charge in [0.2, 0.25) is 0 Å². The molecule has 0 aliphatic carbocycles. The number of nitrogens with one attached hydrogen (secondary N) is 2. The standard InChI is InChI=1S/C18H19N3O4/c22-17(19-15-3-1-2-14(12-15)18(23)20-24)13-4-6-16(7-5-13)21-8-10-25-11-9-21/h1-7,12,24H,8-11H2,(H,19,22)(H,20,23). The van der Waals surface area contributed by atoms with E-state index >= 15 is 0 Å². The van der Waals surface area contributed by atoms with Crippen LogP contribution in [0.2, 0.25) is 0 Å². The molecule has 7 nitrogen and oxygen atoms in total. The summed E-state index contributed by atoms with van der Waals surface area (Å²) in [6.07, 6.45) is 0. The first-order chi connectivity index (χ1) is 12.2. The van der Waals surface area contributed by atoms with Gasteiger partial charge in [0, 0.05) is 35.6 Å². The molecule has 25 heavy (non-hydrogen) atoms. The highest BCUT2D eigenvalue weighted by Crippen LogP contribution is 2.18. The van der Waals surface area contributed by atoms with Gasteiger partial charge in [0.15, 0.2) is 0 Å². The van der Waals surface area contributed by atoms with Crippen molar-refractivity contribution >= 4 is 23.2 Å². The summed E-state index contributed by atoms with van der Waals surface area (Å²) in [6.45, 7) is 3.09. The van der Waals surface area contributed by atoms with Gasteiger partial charge in [-0.25, -0.2) is 5.48 Å². The van der Waals surface area contributed by atoms with Crippen LogP contribution in [0.4, 0.5) is 11.4 Å². The van der Waals surface area contributed by atoms with E-state index in [4.69, 9.17) is 9.94 Å². The van der Waals surface area contributed by atoms with E-state index in [0.717, 1.165) is 18.8 Å². The molecule has 1 heterocycles. The van der Waals surface area contributed by atoms with Crippen LogP contribution in [0, 0.1) is 0 Å². The van der Waals surface area contributed by atoms with Crippen LogP contribution in [0.15, 0.2) is 48.5 Å². The van der Waals surface area contributed by atoms with E-state index in [2.05, 4.69) is 10.2 Å². The Morgan fingerprint density at radius 2 is 1.68 bits per heavy atom. The third-order valence-electron chi connectivity index (χ3n) is 3.99. The number of hydrogen-bond donors (Lipinski definition) is 3. The van der Waals surface area contributed by atoms with E-state index in [0.29, 0.717) is 24.5 Å². The van der Waals surface area contributed by atoms with Crippen molar-refractivity contribution in [3.05, 3.63) is 59.7 Å². The van der Waals surface area contributed by atoms with Gasteiger partial charge in [-0.15, -0.1) is 0 Å². The molecule has 0 radical (unpaired) electrons. The van der Waals surface area contributed by atoms with Gasteiger partial charge < -0.3 is 15.0 Å². The third-order valence-corrected chi connectivity index (χ3v) is 3.99. The number of ether oxygens (including phenoxy) is 1. The van der Waals surface area contributed by atoms with E-state index in [9.17, 15) is 9.59 Å². The number of morpholine rings is 1. The van der Waals surface area contributed by atoms with Crippen LogP contribution in [0.25, 0.3) is 0 Å². The molecule has 1 aliphatic rings. The molecule has 3 N–H and O–H groups in total. The number of benzene rings is 2. The summed E-state index contributed by atoms with van der Waals surface area (Å²) < 4.78 is 5.33. The zero-order chi connectivity index (χ0) is 17.6. The summed E-state index contributed by atoms with van der Waals surface area (Å²) >= 11 is 0. The maximum Gasteiger partial charge on any atom is 0.274 e. The van der Waals surface area contributed by atoms with Crippen LogP contribution in [0.1, 0.15) is 20.7 Å². The number of rotatable bonds is 4. The first kappa shape index (κ1) is 16.9. The summed E-state index contributed by atoms with van der Waals surface area (Å²) in [6, 6.07) is 13.7. The lowest BCUT2D eigenvalue weighted by Gasteiger charge is -2.28. The molecule has 2 aromatic rings. The molecule has 7 heteroatoms. The normalized spacial score (nSPS) is 14.0. The van der Waals surface area contributed by atoms with Crippen LogP contribution in [0.5, 0.6) is 0 Å². The lowest BCUT2D eigenvalue weighted by atomic mass is 10.1. The Kier molecular flexibility index (Phi) is 5.27. The summed E-state index contributed by atoms with van der Waals surface area (Å²) in [5, 5.41) is 11.4. The maximum atomic E-state index is 12.4. The number of carbonyl (C=O) groups is 2. The molecular formula is C18H19N3O4. The summed E-state index contributed by atoms with van der Waals surface area (Å²) in [7, 11) is 0. The number of carbonyl (C=O) groups excluding carboxylic acids is 2. The van der Waals surface area contributed by atoms with Crippen LogP contribution < -0.4 is 15.7 Å². The molecule has 0 atom stereocenters. The average Bonchev–Trinajstić information content (AvgIpc) is 2.68. The molecule has 0 unspecified atom stereocenters. The predicted octanol–water partition coefficient (Wildman–Crippen LogP) is 1.89. The van der Waals surface area contributed by atoms with Gasteiger partial charge in [0.05, 0.1) is 13.2 Å². The van der Waals surface area contributed by atoms with Crippen molar-refractivity contribution in [3.63, 3.8) is 0 Å². The fourth-order valence-corrected chi connectivity index (χ4v) is 2.65. The van der Waals surface area contributed by atoms with E-state index in [1.54, 1.807) is 35.8 Å². The molecule has 2 amide bonds. The van der Waals surface area contributed by atoms with Crippen molar-refractivity contribution in [2.45, 2.75) is 0 Å². The Balaban J connectivity index is 1.68. The lowest BCUT2D eigenvalue weighted by molar-refractivity contribution is 0.0706. The van der Waals surface area contributed by atoms with Crippen molar-refractivity contribution in [3.8, 4) is 0 Å².